The molecule has 1 aliphatic rings. The van der Waals surface area contributed by atoms with E-state index in [1.807, 2.05) is 18.2 Å². The van der Waals surface area contributed by atoms with Crippen molar-refractivity contribution >= 4 is 17.9 Å². The maximum Gasteiger partial charge on any atom is 0.413 e. The van der Waals surface area contributed by atoms with Gasteiger partial charge in [-0.1, -0.05) is 18.2 Å². The second kappa shape index (κ2) is 7.73. The Bertz CT molecular complexity index is 568. The van der Waals surface area contributed by atoms with Gasteiger partial charge >= 0.3 is 6.09 Å². The summed E-state index contributed by atoms with van der Waals surface area (Å²) in [6, 6.07) is 8.78. The number of carbonyl (C=O) groups excluding carboxylic acids is 3. The molecule has 0 aliphatic carbocycles. The van der Waals surface area contributed by atoms with Crippen LogP contribution in [0.4, 0.5) is 4.79 Å². The molecular formula is C16H22N3O4+. The van der Waals surface area contributed by atoms with Gasteiger partial charge in [-0.25, -0.2) is 4.79 Å². The molecule has 0 spiro atoms. The third-order valence-corrected chi connectivity index (χ3v) is 4.13. The van der Waals surface area contributed by atoms with E-state index in [0.29, 0.717) is 31.7 Å². The van der Waals surface area contributed by atoms with Crippen molar-refractivity contribution < 1.29 is 24.0 Å². The van der Waals surface area contributed by atoms with Crippen LogP contribution < -0.4 is 10.2 Å². The van der Waals surface area contributed by atoms with Gasteiger partial charge in [0, 0.05) is 5.56 Å². The van der Waals surface area contributed by atoms with Crippen molar-refractivity contribution in [3.63, 3.8) is 0 Å². The van der Waals surface area contributed by atoms with Crippen LogP contribution in [-0.2, 0) is 9.53 Å². The summed E-state index contributed by atoms with van der Waals surface area (Å²) in [6.45, 7) is 4.25. The molecule has 1 atom stereocenters. The predicted octanol–water partition coefficient (Wildman–Crippen LogP) is -0.702. The lowest BCUT2D eigenvalue weighted by molar-refractivity contribution is -0.917. The Morgan fingerprint density at radius 1 is 1.17 bits per heavy atom. The summed E-state index contributed by atoms with van der Waals surface area (Å²) in [6.07, 6.45) is -0.751. The fourth-order valence-corrected chi connectivity index (χ4v) is 2.64. The van der Waals surface area contributed by atoms with Crippen molar-refractivity contribution in [2.45, 2.75) is 13.0 Å². The highest BCUT2D eigenvalue weighted by Crippen LogP contribution is 2.04. The summed E-state index contributed by atoms with van der Waals surface area (Å²) in [5, 5.41) is 2.19. The normalized spacial score (nSPS) is 16.5. The quantitative estimate of drug-likeness (QED) is 0.772. The molecule has 1 aliphatic heterocycles. The Balaban J connectivity index is 1.87. The molecule has 1 aromatic carbocycles. The zero-order valence-corrected chi connectivity index (χ0v) is 13.4. The van der Waals surface area contributed by atoms with Gasteiger partial charge < -0.3 is 14.5 Å². The van der Waals surface area contributed by atoms with Crippen molar-refractivity contribution in [1.29, 1.82) is 0 Å². The summed E-state index contributed by atoms with van der Waals surface area (Å²) in [7, 11) is 1.22. The van der Waals surface area contributed by atoms with Crippen LogP contribution in [0.3, 0.4) is 0 Å². The van der Waals surface area contributed by atoms with Crippen LogP contribution in [0.15, 0.2) is 30.3 Å². The summed E-state index contributed by atoms with van der Waals surface area (Å²) in [5.74, 6) is -0.356. The lowest BCUT2D eigenvalue weighted by Crippen LogP contribution is -3.19. The van der Waals surface area contributed by atoms with Gasteiger partial charge in [0.1, 0.15) is 0 Å². The van der Waals surface area contributed by atoms with Crippen molar-refractivity contribution in [1.82, 2.24) is 10.2 Å². The number of ether oxygens (including phenoxy) is 1. The Kier molecular flexibility index (Phi) is 5.70. The first kappa shape index (κ1) is 17.0. The molecule has 2 N–H and O–H groups in total. The third-order valence-electron chi connectivity index (χ3n) is 4.13. The van der Waals surface area contributed by atoms with Gasteiger partial charge in [-0.2, -0.15) is 0 Å². The number of benzene rings is 1. The van der Waals surface area contributed by atoms with Gasteiger partial charge in [-0.3, -0.25) is 14.9 Å². The van der Waals surface area contributed by atoms with Crippen LogP contribution >= 0.6 is 0 Å². The minimum absolute atomic E-state index is 0.0105. The molecule has 0 radical (unpaired) electrons. The number of rotatable bonds is 3. The average Bonchev–Trinajstić information content (AvgIpc) is 2.61. The number of quaternary nitrogens is 1. The fourth-order valence-electron chi connectivity index (χ4n) is 2.64. The molecule has 7 nitrogen and oxygen atoms in total. The SMILES string of the molecule is COC(=O)NC(=O)[C@H](C)[NH+]1CCN(C(=O)c2ccccc2)CC1. The molecule has 1 fully saturated rings. The molecule has 7 heteroatoms. The summed E-state index contributed by atoms with van der Waals surface area (Å²) in [4.78, 5) is 38.2. The zero-order chi connectivity index (χ0) is 16.8. The molecule has 1 saturated heterocycles. The monoisotopic (exact) mass is 320 g/mol. The molecular weight excluding hydrogens is 298 g/mol. The Morgan fingerprint density at radius 3 is 2.35 bits per heavy atom. The number of carbonyl (C=O) groups is 3. The van der Waals surface area contributed by atoms with Crippen LogP contribution in [-0.4, -0.2) is 62.1 Å². The highest BCUT2D eigenvalue weighted by atomic mass is 16.5. The van der Waals surface area contributed by atoms with Gasteiger partial charge in [0.25, 0.3) is 11.8 Å². The highest BCUT2D eigenvalue weighted by molar-refractivity contribution is 5.94. The first-order valence-corrected chi connectivity index (χ1v) is 7.60. The number of nitrogens with one attached hydrogen (secondary N) is 2. The number of hydrogen-bond donors (Lipinski definition) is 2. The Morgan fingerprint density at radius 2 is 1.78 bits per heavy atom. The van der Waals surface area contributed by atoms with Crippen molar-refractivity contribution in [3.8, 4) is 0 Å². The van der Waals surface area contributed by atoms with E-state index in [2.05, 4.69) is 10.1 Å². The smallest absolute Gasteiger partial charge is 0.413 e. The first-order valence-electron chi connectivity index (χ1n) is 7.60. The lowest BCUT2D eigenvalue weighted by atomic mass is 10.1. The van der Waals surface area contributed by atoms with Gasteiger partial charge in [-0.05, 0) is 19.1 Å². The highest BCUT2D eigenvalue weighted by Gasteiger charge is 2.31. The number of imide groups is 1. The van der Waals surface area contributed by atoms with Gasteiger partial charge in [0.2, 0.25) is 0 Å². The first-order chi connectivity index (χ1) is 11.0. The van der Waals surface area contributed by atoms with E-state index in [1.54, 1.807) is 24.0 Å². The second-order valence-electron chi connectivity index (χ2n) is 5.52. The van der Waals surface area contributed by atoms with Gasteiger partial charge in [0.05, 0.1) is 33.3 Å². The number of nitrogens with zero attached hydrogens (tertiary/aromatic N) is 1. The predicted molar refractivity (Wildman–Crippen MR) is 83.1 cm³/mol. The molecule has 0 saturated carbocycles. The fraction of sp³-hybridized carbons (Fsp3) is 0.438. The Labute approximate surface area is 135 Å². The van der Waals surface area contributed by atoms with Crippen LogP contribution in [0.1, 0.15) is 17.3 Å². The van der Waals surface area contributed by atoms with Crippen LogP contribution in [0.5, 0.6) is 0 Å². The van der Waals surface area contributed by atoms with Crippen LogP contribution in [0.2, 0.25) is 0 Å². The molecule has 3 amide bonds. The topological polar surface area (TPSA) is 80.2 Å². The summed E-state index contributed by atoms with van der Waals surface area (Å²) < 4.78 is 4.42. The molecule has 124 valence electrons. The molecule has 0 unspecified atom stereocenters. The number of methoxy groups -OCH3 is 1. The second-order valence-corrected chi connectivity index (χ2v) is 5.52. The third kappa shape index (κ3) is 4.29. The van der Waals surface area contributed by atoms with Crippen molar-refractivity contribution in [3.05, 3.63) is 35.9 Å². The standard InChI is InChI=1S/C16H21N3O4/c1-12(14(20)17-16(22)23-2)18-8-10-19(11-9-18)15(21)13-6-4-3-5-7-13/h3-7,12H,8-11H2,1-2H3,(H,17,20,22)/p+1/t12-/m0/s1. The van der Waals surface area contributed by atoms with E-state index in [9.17, 15) is 14.4 Å². The molecule has 0 bridgehead atoms. The van der Waals surface area contributed by atoms with Crippen molar-refractivity contribution in [2.24, 2.45) is 0 Å². The summed E-state index contributed by atoms with van der Waals surface area (Å²) >= 11 is 0. The van der Waals surface area contributed by atoms with Crippen LogP contribution in [0, 0.1) is 0 Å². The minimum atomic E-state index is -0.751. The lowest BCUT2D eigenvalue weighted by Gasteiger charge is -2.34. The molecule has 1 heterocycles. The molecule has 23 heavy (non-hydrogen) atoms. The minimum Gasteiger partial charge on any atom is -0.453 e. The number of alkyl carbamates (subject to hydrolysis) is 1. The van der Waals surface area contributed by atoms with E-state index in [4.69, 9.17) is 0 Å². The van der Waals surface area contributed by atoms with E-state index >= 15 is 0 Å². The molecule has 0 aromatic heterocycles. The molecule has 2 rings (SSSR count). The van der Waals surface area contributed by atoms with E-state index in [-0.39, 0.29) is 17.9 Å². The maximum absolute atomic E-state index is 12.4. The van der Waals surface area contributed by atoms with E-state index in [1.165, 1.54) is 7.11 Å². The number of amides is 3. The average molecular weight is 320 g/mol. The van der Waals surface area contributed by atoms with E-state index in [0.717, 1.165) is 4.90 Å². The van der Waals surface area contributed by atoms with Crippen LogP contribution in [0.25, 0.3) is 0 Å². The molecule has 1 aromatic rings. The van der Waals surface area contributed by atoms with Gasteiger partial charge in [0.15, 0.2) is 6.04 Å². The maximum atomic E-state index is 12.4. The summed E-state index contributed by atoms with van der Waals surface area (Å²) in [5.41, 5.74) is 0.674. The zero-order valence-electron chi connectivity index (χ0n) is 13.4. The van der Waals surface area contributed by atoms with Gasteiger partial charge in [-0.15, -0.1) is 0 Å². The Hall–Kier alpha value is -2.41. The number of hydrogen-bond acceptors (Lipinski definition) is 4. The van der Waals surface area contributed by atoms with E-state index < -0.39 is 6.09 Å². The van der Waals surface area contributed by atoms with Crippen molar-refractivity contribution in [2.75, 3.05) is 33.3 Å². The largest absolute Gasteiger partial charge is 0.453 e. The number of piperazine rings is 1.